The molecule has 1 aromatic carbocycles. The van der Waals surface area contributed by atoms with Crippen molar-refractivity contribution >= 4 is 11.0 Å². The van der Waals surface area contributed by atoms with E-state index in [1.165, 1.54) is 6.07 Å². The number of imidazole rings is 1. The summed E-state index contributed by atoms with van der Waals surface area (Å²) >= 11 is 0. The molecular formula is C12H14F2N2O. The van der Waals surface area contributed by atoms with Gasteiger partial charge in [-0.25, -0.2) is 13.8 Å². The maximum atomic E-state index is 13.1. The summed E-state index contributed by atoms with van der Waals surface area (Å²) in [6, 6.07) is 2.31. The first-order chi connectivity index (χ1) is 8.22. The molecule has 2 rings (SSSR count). The molecule has 0 aliphatic rings. The average molecular weight is 240 g/mol. The Balaban J connectivity index is 2.15. The second-order valence-electron chi connectivity index (χ2n) is 3.89. The molecule has 0 saturated heterocycles. The van der Waals surface area contributed by atoms with E-state index in [0.717, 1.165) is 25.5 Å². The smallest absolute Gasteiger partial charge is 0.161 e. The van der Waals surface area contributed by atoms with E-state index in [1.807, 2.05) is 4.57 Å². The summed E-state index contributed by atoms with van der Waals surface area (Å²) in [5.41, 5.74) is 1.11. The zero-order valence-electron chi connectivity index (χ0n) is 9.62. The van der Waals surface area contributed by atoms with E-state index < -0.39 is 11.6 Å². The molecule has 0 unspecified atom stereocenters. The van der Waals surface area contributed by atoms with E-state index in [1.54, 1.807) is 13.4 Å². The fraction of sp³-hybridized carbons (Fsp3) is 0.417. The van der Waals surface area contributed by atoms with Crippen molar-refractivity contribution in [3.05, 3.63) is 30.1 Å². The normalized spacial score (nSPS) is 11.2. The summed E-state index contributed by atoms with van der Waals surface area (Å²) in [5.74, 6) is -1.70. The van der Waals surface area contributed by atoms with Crippen LogP contribution in [0.5, 0.6) is 0 Å². The van der Waals surface area contributed by atoms with Crippen LogP contribution in [-0.2, 0) is 11.3 Å². The van der Waals surface area contributed by atoms with Crippen LogP contribution in [0.4, 0.5) is 8.78 Å². The highest BCUT2D eigenvalue weighted by atomic mass is 19.2. The third-order valence-corrected chi connectivity index (χ3v) is 2.66. The highest BCUT2D eigenvalue weighted by Gasteiger charge is 2.08. The molecular weight excluding hydrogens is 226 g/mol. The molecule has 5 heteroatoms. The third kappa shape index (κ3) is 2.61. The molecule has 0 spiro atoms. The minimum atomic E-state index is -0.859. The second-order valence-corrected chi connectivity index (χ2v) is 3.89. The number of hydrogen-bond acceptors (Lipinski definition) is 2. The molecule has 0 aliphatic carbocycles. The maximum absolute atomic E-state index is 13.1. The van der Waals surface area contributed by atoms with E-state index in [9.17, 15) is 8.78 Å². The Morgan fingerprint density at radius 3 is 2.76 bits per heavy atom. The lowest BCUT2D eigenvalue weighted by Crippen LogP contribution is -1.99. The lowest BCUT2D eigenvalue weighted by atomic mass is 10.2. The van der Waals surface area contributed by atoms with Crippen LogP contribution in [0.25, 0.3) is 11.0 Å². The van der Waals surface area contributed by atoms with Crippen LogP contribution in [0.1, 0.15) is 12.8 Å². The molecule has 1 aromatic heterocycles. The molecule has 3 nitrogen and oxygen atoms in total. The van der Waals surface area contributed by atoms with Crippen molar-refractivity contribution in [1.29, 1.82) is 0 Å². The van der Waals surface area contributed by atoms with Gasteiger partial charge in [-0.3, -0.25) is 0 Å². The van der Waals surface area contributed by atoms with E-state index in [0.29, 0.717) is 17.6 Å². The fourth-order valence-electron chi connectivity index (χ4n) is 1.76. The molecule has 0 aliphatic heterocycles. The molecule has 92 valence electrons. The SMILES string of the molecule is COCCCCn1cnc2cc(F)c(F)cc21. The van der Waals surface area contributed by atoms with Crippen molar-refractivity contribution in [2.24, 2.45) is 0 Å². The van der Waals surface area contributed by atoms with Gasteiger partial charge in [-0.05, 0) is 12.8 Å². The molecule has 0 amide bonds. The lowest BCUT2D eigenvalue weighted by Gasteiger charge is -2.04. The molecule has 1 heterocycles. The van der Waals surface area contributed by atoms with Crippen LogP contribution in [-0.4, -0.2) is 23.3 Å². The average Bonchev–Trinajstić information content (AvgIpc) is 2.68. The van der Waals surface area contributed by atoms with Gasteiger partial charge in [0.15, 0.2) is 11.6 Å². The number of aryl methyl sites for hydroxylation is 1. The lowest BCUT2D eigenvalue weighted by molar-refractivity contribution is 0.191. The predicted molar refractivity (Wildman–Crippen MR) is 60.8 cm³/mol. The van der Waals surface area contributed by atoms with Crippen LogP contribution >= 0.6 is 0 Å². The van der Waals surface area contributed by atoms with E-state index in [4.69, 9.17) is 4.74 Å². The van der Waals surface area contributed by atoms with E-state index >= 15 is 0 Å². The Bertz CT molecular complexity index is 510. The first kappa shape index (κ1) is 12.0. The number of halogens is 2. The maximum Gasteiger partial charge on any atom is 0.161 e. The minimum absolute atomic E-state index is 0.482. The number of ether oxygens (including phenoxy) is 1. The number of rotatable bonds is 5. The Labute approximate surface area is 98.0 Å². The van der Waals surface area contributed by atoms with Crippen LogP contribution in [0.2, 0.25) is 0 Å². The molecule has 0 bridgehead atoms. The van der Waals surface area contributed by atoms with Gasteiger partial charge in [0.1, 0.15) is 0 Å². The number of unbranched alkanes of at least 4 members (excludes halogenated alkanes) is 1. The Morgan fingerprint density at radius 1 is 1.24 bits per heavy atom. The first-order valence-electron chi connectivity index (χ1n) is 5.51. The number of hydrogen-bond donors (Lipinski definition) is 0. The second kappa shape index (κ2) is 5.23. The molecule has 0 fully saturated rings. The molecule has 0 saturated carbocycles. The fourth-order valence-corrected chi connectivity index (χ4v) is 1.76. The summed E-state index contributed by atoms with van der Waals surface area (Å²) in [7, 11) is 1.66. The van der Waals surface area contributed by atoms with Gasteiger partial charge >= 0.3 is 0 Å². The quantitative estimate of drug-likeness (QED) is 0.751. The van der Waals surface area contributed by atoms with Crippen molar-refractivity contribution in [1.82, 2.24) is 9.55 Å². The van der Waals surface area contributed by atoms with Gasteiger partial charge in [0, 0.05) is 32.4 Å². The molecule has 0 N–H and O–H groups in total. The van der Waals surface area contributed by atoms with Crippen LogP contribution in [0.3, 0.4) is 0 Å². The summed E-state index contributed by atoms with van der Waals surface area (Å²) in [6.07, 6.45) is 3.45. The highest BCUT2D eigenvalue weighted by molar-refractivity contribution is 5.75. The van der Waals surface area contributed by atoms with Gasteiger partial charge in [0.2, 0.25) is 0 Å². The first-order valence-corrected chi connectivity index (χ1v) is 5.51. The van der Waals surface area contributed by atoms with Gasteiger partial charge in [-0.1, -0.05) is 0 Å². The number of methoxy groups -OCH3 is 1. The summed E-state index contributed by atoms with van der Waals surface area (Å²) in [4.78, 5) is 4.04. The number of aromatic nitrogens is 2. The van der Waals surface area contributed by atoms with E-state index in [-0.39, 0.29) is 0 Å². The largest absolute Gasteiger partial charge is 0.385 e. The topological polar surface area (TPSA) is 27.1 Å². The van der Waals surface area contributed by atoms with Crippen LogP contribution < -0.4 is 0 Å². The van der Waals surface area contributed by atoms with Gasteiger partial charge in [-0.2, -0.15) is 0 Å². The minimum Gasteiger partial charge on any atom is -0.385 e. The zero-order chi connectivity index (χ0) is 12.3. The van der Waals surface area contributed by atoms with Crippen LogP contribution in [0, 0.1) is 11.6 Å². The summed E-state index contributed by atoms with van der Waals surface area (Å²) in [6.45, 7) is 1.43. The molecule has 2 aromatic rings. The molecule has 0 atom stereocenters. The zero-order valence-corrected chi connectivity index (χ0v) is 9.62. The third-order valence-electron chi connectivity index (χ3n) is 2.66. The number of benzene rings is 1. The standard InChI is InChI=1S/C12H14F2N2O/c1-17-5-3-2-4-16-8-15-11-6-9(13)10(14)7-12(11)16/h6-8H,2-5H2,1H3. The van der Waals surface area contributed by atoms with Crippen molar-refractivity contribution < 1.29 is 13.5 Å². The van der Waals surface area contributed by atoms with Crippen molar-refractivity contribution in [3.63, 3.8) is 0 Å². The number of fused-ring (bicyclic) bond motifs is 1. The monoisotopic (exact) mass is 240 g/mol. The summed E-state index contributed by atoms with van der Waals surface area (Å²) in [5, 5.41) is 0. The van der Waals surface area contributed by atoms with E-state index in [2.05, 4.69) is 4.98 Å². The highest BCUT2D eigenvalue weighted by Crippen LogP contribution is 2.17. The summed E-state index contributed by atoms with van der Waals surface area (Å²) < 4.78 is 32.9. The van der Waals surface area contributed by atoms with Gasteiger partial charge in [0.25, 0.3) is 0 Å². The molecule has 0 radical (unpaired) electrons. The van der Waals surface area contributed by atoms with Crippen LogP contribution in [0.15, 0.2) is 18.5 Å². The van der Waals surface area contributed by atoms with Crippen molar-refractivity contribution in [2.45, 2.75) is 19.4 Å². The Morgan fingerprint density at radius 2 is 2.00 bits per heavy atom. The van der Waals surface area contributed by atoms with Gasteiger partial charge in [0.05, 0.1) is 17.4 Å². The van der Waals surface area contributed by atoms with Gasteiger partial charge in [-0.15, -0.1) is 0 Å². The molecule has 17 heavy (non-hydrogen) atoms. The Kier molecular flexibility index (Phi) is 3.68. The predicted octanol–water partition coefficient (Wildman–Crippen LogP) is 2.74. The number of nitrogens with zero attached hydrogens (tertiary/aromatic N) is 2. The Hall–Kier alpha value is -1.49. The van der Waals surface area contributed by atoms with Gasteiger partial charge < -0.3 is 9.30 Å². The van der Waals surface area contributed by atoms with Crippen molar-refractivity contribution in [2.75, 3.05) is 13.7 Å². The van der Waals surface area contributed by atoms with Crippen molar-refractivity contribution in [3.8, 4) is 0 Å².